The second-order valence-electron chi connectivity index (χ2n) is 8.13. The summed E-state index contributed by atoms with van der Waals surface area (Å²) in [5.74, 6) is 0.822. The quantitative estimate of drug-likeness (QED) is 0.419. The number of rotatable bonds is 6. The number of aromatic nitrogens is 4. The molecule has 0 spiro atoms. The molecule has 0 atom stereocenters. The summed E-state index contributed by atoms with van der Waals surface area (Å²) >= 11 is 0. The van der Waals surface area contributed by atoms with E-state index in [1.54, 1.807) is 25.4 Å². The fourth-order valence-corrected chi connectivity index (χ4v) is 4.03. The van der Waals surface area contributed by atoms with E-state index in [0.29, 0.717) is 28.5 Å². The number of aryl methyl sites for hydroxylation is 1. The van der Waals surface area contributed by atoms with Crippen molar-refractivity contribution in [1.29, 1.82) is 0 Å². The maximum atomic E-state index is 13.0. The number of aromatic amines is 2. The van der Waals surface area contributed by atoms with Crippen LogP contribution in [-0.4, -0.2) is 64.4 Å². The van der Waals surface area contributed by atoms with Gasteiger partial charge in [-0.05, 0) is 36.8 Å². The number of nitrogens with zero attached hydrogens (tertiary/aromatic N) is 3. The molecule has 3 N–H and O–H groups in total. The lowest BCUT2D eigenvalue weighted by atomic mass is 10.1. The van der Waals surface area contributed by atoms with Crippen molar-refractivity contribution in [3.8, 4) is 17.3 Å². The van der Waals surface area contributed by atoms with E-state index < -0.39 is 0 Å². The number of anilines is 1. The molecule has 1 fully saturated rings. The molecule has 1 aliphatic heterocycles. The van der Waals surface area contributed by atoms with Gasteiger partial charge in [0.2, 0.25) is 0 Å². The topological polar surface area (TPSA) is 108 Å². The standard InChI is InChI=1S/C24H26N6O3/c1-15-3-6-21(32-2)17(11-15)24(31)28-20-13-25-29-22(20)23-26-18-5-4-16(12-19(18)27-23)14-30-7-9-33-10-8-30/h3-6,11-13H,7-10,14H2,1-2H3,(H,25,29)(H,26,27)(H,28,31). The van der Waals surface area contributed by atoms with Gasteiger partial charge in [-0.15, -0.1) is 0 Å². The molecule has 1 saturated heterocycles. The van der Waals surface area contributed by atoms with Gasteiger partial charge in [0.15, 0.2) is 11.5 Å². The van der Waals surface area contributed by atoms with Crippen LogP contribution in [0, 0.1) is 6.92 Å². The van der Waals surface area contributed by atoms with Gasteiger partial charge in [-0.25, -0.2) is 4.98 Å². The molecule has 3 heterocycles. The van der Waals surface area contributed by atoms with Gasteiger partial charge < -0.3 is 19.8 Å². The molecule has 0 saturated carbocycles. The summed E-state index contributed by atoms with van der Waals surface area (Å²) in [7, 11) is 1.55. The second kappa shape index (κ2) is 9.05. The van der Waals surface area contributed by atoms with Crippen molar-refractivity contribution in [2.24, 2.45) is 0 Å². The molecule has 33 heavy (non-hydrogen) atoms. The number of hydrogen-bond acceptors (Lipinski definition) is 6. The molecule has 9 nitrogen and oxygen atoms in total. The summed E-state index contributed by atoms with van der Waals surface area (Å²) in [6.07, 6.45) is 1.65. The van der Waals surface area contributed by atoms with E-state index in [1.165, 1.54) is 5.56 Å². The maximum Gasteiger partial charge on any atom is 0.259 e. The number of morpholine rings is 1. The Morgan fingerprint density at radius 3 is 2.88 bits per heavy atom. The molecule has 1 aliphatic rings. The number of hydrogen-bond donors (Lipinski definition) is 3. The number of H-pyrrole nitrogens is 2. The van der Waals surface area contributed by atoms with Gasteiger partial charge in [-0.1, -0.05) is 17.7 Å². The van der Waals surface area contributed by atoms with Crippen LogP contribution in [0.5, 0.6) is 5.75 Å². The molecule has 0 aliphatic carbocycles. The highest BCUT2D eigenvalue weighted by atomic mass is 16.5. The van der Waals surface area contributed by atoms with Crippen molar-refractivity contribution in [1.82, 2.24) is 25.1 Å². The zero-order valence-electron chi connectivity index (χ0n) is 18.6. The van der Waals surface area contributed by atoms with Crippen LogP contribution in [0.4, 0.5) is 5.69 Å². The summed E-state index contributed by atoms with van der Waals surface area (Å²) in [6, 6.07) is 11.7. The summed E-state index contributed by atoms with van der Waals surface area (Å²) in [4.78, 5) is 23.4. The lowest BCUT2D eigenvalue weighted by Crippen LogP contribution is -2.35. The first kappa shape index (κ1) is 21.2. The number of nitrogens with one attached hydrogen (secondary N) is 3. The SMILES string of the molecule is COc1ccc(C)cc1C(=O)Nc1c[nH]nc1-c1nc2cc(CN3CCOCC3)ccc2[nH]1. The van der Waals surface area contributed by atoms with Crippen molar-refractivity contribution in [2.75, 3.05) is 38.7 Å². The Labute approximate surface area is 191 Å². The van der Waals surface area contributed by atoms with Gasteiger partial charge in [-0.3, -0.25) is 14.8 Å². The van der Waals surface area contributed by atoms with Crippen LogP contribution in [0.2, 0.25) is 0 Å². The first-order valence-electron chi connectivity index (χ1n) is 10.9. The third-order valence-electron chi connectivity index (χ3n) is 5.77. The summed E-state index contributed by atoms with van der Waals surface area (Å²) in [6.45, 7) is 6.22. The summed E-state index contributed by atoms with van der Waals surface area (Å²) in [5, 5.41) is 10.1. The van der Waals surface area contributed by atoms with E-state index in [4.69, 9.17) is 14.5 Å². The van der Waals surface area contributed by atoms with Crippen molar-refractivity contribution in [2.45, 2.75) is 13.5 Å². The van der Waals surface area contributed by atoms with E-state index in [1.807, 2.05) is 19.1 Å². The lowest BCUT2D eigenvalue weighted by Gasteiger charge is -2.26. The Kier molecular flexibility index (Phi) is 5.80. The predicted molar refractivity (Wildman–Crippen MR) is 125 cm³/mol. The van der Waals surface area contributed by atoms with Gasteiger partial charge in [0.1, 0.15) is 5.75 Å². The molecule has 0 radical (unpaired) electrons. The van der Waals surface area contributed by atoms with Crippen LogP contribution in [-0.2, 0) is 11.3 Å². The van der Waals surface area contributed by atoms with Crippen molar-refractivity contribution in [3.05, 3.63) is 59.3 Å². The fraction of sp³-hybridized carbons (Fsp3) is 0.292. The van der Waals surface area contributed by atoms with E-state index in [-0.39, 0.29) is 5.91 Å². The number of fused-ring (bicyclic) bond motifs is 1. The maximum absolute atomic E-state index is 13.0. The molecule has 170 valence electrons. The third kappa shape index (κ3) is 4.46. The summed E-state index contributed by atoms with van der Waals surface area (Å²) < 4.78 is 10.8. The van der Waals surface area contributed by atoms with E-state index >= 15 is 0 Å². The minimum Gasteiger partial charge on any atom is -0.496 e. The van der Waals surface area contributed by atoms with Crippen LogP contribution in [0.1, 0.15) is 21.5 Å². The van der Waals surface area contributed by atoms with Gasteiger partial charge in [0.05, 0.1) is 42.6 Å². The molecule has 4 aromatic rings. The van der Waals surface area contributed by atoms with E-state index in [9.17, 15) is 4.79 Å². The Morgan fingerprint density at radius 1 is 1.21 bits per heavy atom. The first-order chi connectivity index (χ1) is 16.1. The minimum absolute atomic E-state index is 0.276. The van der Waals surface area contributed by atoms with Crippen LogP contribution >= 0.6 is 0 Å². The predicted octanol–water partition coefficient (Wildman–Crippen LogP) is 3.35. The average Bonchev–Trinajstić information content (AvgIpc) is 3.46. The zero-order chi connectivity index (χ0) is 22.8. The van der Waals surface area contributed by atoms with Gasteiger partial charge in [-0.2, -0.15) is 5.10 Å². The number of methoxy groups -OCH3 is 1. The summed E-state index contributed by atoms with van der Waals surface area (Å²) in [5.41, 5.74) is 5.48. The van der Waals surface area contributed by atoms with Crippen LogP contribution < -0.4 is 10.1 Å². The molecular formula is C24H26N6O3. The molecule has 0 bridgehead atoms. The number of carbonyl (C=O) groups excluding carboxylic acids is 1. The highest BCUT2D eigenvalue weighted by Crippen LogP contribution is 2.28. The normalized spacial score (nSPS) is 14.5. The Hall–Kier alpha value is -3.69. The highest BCUT2D eigenvalue weighted by molar-refractivity contribution is 6.07. The molecule has 0 unspecified atom stereocenters. The smallest absolute Gasteiger partial charge is 0.259 e. The van der Waals surface area contributed by atoms with Crippen molar-refractivity contribution >= 4 is 22.6 Å². The van der Waals surface area contributed by atoms with Crippen LogP contribution in [0.25, 0.3) is 22.6 Å². The second-order valence-corrected chi connectivity index (χ2v) is 8.13. The number of amides is 1. The number of ether oxygens (including phenoxy) is 2. The molecular weight excluding hydrogens is 420 g/mol. The van der Waals surface area contributed by atoms with E-state index in [0.717, 1.165) is 49.4 Å². The van der Waals surface area contributed by atoms with Crippen LogP contribution in [0.3, 0.4) is 0 Å². The number of imidazole rings is 1. The molecule has 2 aromatic carbocycles. The number of benzene rings is 2. The van der Waals surface area contributed by atoms with Crippen molar-refractivity contribution in [3.63, 3.8) is 0 Å². The first-order valence-corrected chi connectivity index (χ1v) is 10.9. The molecule has 1 amide bonds. The van der Waals surface area contributed by atoms with Gasteiger partial charge in [0.25, 0.3) is 5.91 Å². The number of carbonyl (C=O) groups is 1. The van der Waals surface area contributed by atoms with Crippen LogP contribution in [0.15, 0.2) is 42.6 Å². The van der Waals surface area contributed by atoms with Crippen molar-refractivity contribution < 1.29 is 14.3 Å². The Bertz CT molecular complexity index is 1290. The largest absolute Gasteiger partial charge is 0.496 e. The Morgan fingerprint density at radius 2 is 2.06 bits per heavy atom. The lowest BCUT2D eigenvalue weighted by molar-refractivity contribution is 0.0342. The zero-order valence-corrected chi connectivity index (χ0v) is 18.6. The molecule has 5 rings (SSSR count). The fourth-order valence-electron chi connectivity index (χ4n) is 4.03. The van der Waals surface area contributed by atoms with Gasteiger partial charge in [0, 0.05) is 25.8 Å². The monoisotopic (exact) mass is 446 g/mol. The molecule has 2 aromatic heterocycles. The third-order valence-corrected chi connectivity index (χ3v) is 5.77. The molecule has 9 heteroatoms. The Balaban J connectivity index is 1.38. The highest BCUT2D eigenvalue weighted by Gasteiger charge is 2.19. The van der Waals surface area contributed by atoms with E-state index in [2.05, 4.69) is 37.5 Å². The van der Waals surface area contributed by atoms with Gasteiger partial charge >= 0.3 is 0 Å². The minimum atomic E-state index is -0.276. The average molecular weight is 447 g/mol.